The fraction of sp³-hybridized carbons (Fsp3) is 0.833. The van der Waals surface area contributed by atoms with E-state index in [1.54, 1.807) is 0 Å². The largest absolute Gasteiger partial charge is 0.481 e. The van der Waals surface area contributed by atoms with E-state index < -0.39 is 51.4 Å². The van der Waals surface area contributed by atoms with Crippen LogP contribution < -0.4 is 0 Å². The molecule has 3 atom stereocenters. The molecule has 0 bridgehead atoms. The van der Waals surface area contributed by atoms with Gasteiger partial charge in [-0.1, -0.05) is 12.8 Å². The second-order valence-electron chi connectivity index (χ2n) is 5.71. The summed E-state index contributed by atoms with van der Waals surface area (Å²) < 4.78 is 73.7. The number of carbonyl (C=O) groups is 2. The molecule has 3 unspecified atom stereocenters. The number of rotatable bonds is 5. The quantitative estimate of drug-likeness (QED) is 0.564. The van der Waals surface area contributed by atoms with E-state index in [4.69, 9.17) is 9.66 Å². The minimum atomic E-state index is -5.26. The van der Waals surface area contributed by atoms with Crippen molar-refractivity contribution >= 4 is 22.1 Å². The van der Waals surface area contributed by atoms with Crippen LogP contribution in [0.4, 0.5) is 13.2 Å². The van der Waals surface area contributed by atoms with Gasteiger partial charge >= 0.3 is 18.1 Å². The topological polar surface area (TPSA) is 118 Å². The fourth-order valence-corrected chi connectivity index (χ4v) is 3.44. The number of esters is 1. The molecule has 23 heavy (non-hydrogen) atoms. The van der Waals surface area contributed by atoms with Gasteiger partial charge in [-0.15, -0.1) is 0 Å². The smallest absolute Gasteiger partial charge is 0.429 e. The summed E-state index contributed by atoms with van der Waals surface area (Å²) in [5.41, 5.74) is -3.46. The highest BCUT2D eigenvalue weighted by Crippen LogP contribution is 2.38. The van der Waals surface area contributed by atoms with Gasteiger partial charge < -0.3 is 9.84 Å². The molecule has 7 nitrogen and oxygen atoms in total. The van der Waals surface area contributed by atoms with Crippen LogP contribution in [0.2, 0.25) is 0 Å². The van der Waals surface area contributed by atoms with E-state index in [1.165, 1.54) is 0 Å². The van der Waals surface area contributed by atoms with Crippen LogP contribution in [-0.2, 0) is 24.4 Å². The summed E-state index contributed by atoms with van der Waals surface area (Å²) in [5, 5.41) is 9.04. The lowest BCUT2D eigenvalue weighted by molar-refractivity contribution is -0.258. The number of carboxylic acids is 1. The number of hydrogen-bond acceptors (Lipinski definition) is 5. The summed E-state index contributed by atoms with van der Waals surface area (Å²) in [6, 6.07) is 0. The van der Waals surface area contributed by atoms with Crippen LogP contribution in [0.3, 0.4) is 0 Å². The number of ether oxygens (including phenoxy) is 1. The van der Waals surface area contributed by atoms with Crippen molar-refractivity contribution in [1.29, 1.82) is 0 Å². The molecular formula is C12H17F3O7S. The maximum absolute atomic E-state index is 13.0. The van der Waals surface area contributed by atoms with Gasteiger partial charge in [0.1, 0.15) is 5.75 Å². The van der Waals surface area contributed by atoms with Crippen LogP contribution in [0.1, 0.15) is 32.6 Å². The molecule has 11 heteroatoms. The molecule has 0 heterocycles. The number of carboxylic acid groups (broad SMARTS) is 1. The molecule has 1 aliphatic rings. The number of alkyl halides is 3. The second-order valence-corrected chi connectivity index (χ2v) is 7.16. The van der Waals surface area contributed by atoms with E-state index >= 15 is 0 Å². The Bertz CT molecular complexity index is 572. The summed E-state index contributed by atoms with van der Waals surface area (Å²) in [7, 11) is -5.08. The van der Waals surface area contributed by atoms with Gasteiger partial charge in [0.2, 0.25) is 5.60 Å². The third kappa shape index (κ3) is 5.06. The van der Waals surface area contributed by atoms with E-state index in [-0.39, 0.29) is 12.8 Å². The monoisotopic (exact) mass is 362 g/mol. The normalized spacial score (nSPS) is 25.4. The maximum Gasteiger partial charge on any atom is 0.429 e. The minimum absolute atomic E-state index is 0.0373. The first-order valence-corrected chi connectivity index (χ1v) is 8.35. The van der Waals surface area contributed by atoms with Gasteiger partial charge in [-0.2, -0.15) is 21.6 Å². The molecule has 0 aromatic carbocycles. The van der Waals surface area contributed by atoms with Crippen molar-refractivity contribution in [2.45, 2.75) is 44.4 Å². The van der Waals surface area contributed by atoms with E-state index in [0.717, 1.165) is 0 Å². The van der Waals surface area contributed by atoms with Crippen molar-refractivity contribution in [3.63, 3.8) is 0 Å². The highest BCUT2D eigenvalue weighted by Gasteiger charge is 2.58. The van der Waals surface area contributed by atoms with Gasteiger partial charge in [-0.25, -0.2) is 0 Å². The highest BCUT2D eigenvalue weighted by molar-refractivity contribution is 7.85. The molecule has 0 saturated heterocycles. The lowest BCUT2D eigenvalue weighted by Crippen LogP contribution is -2.53. The molecule has 0 aliphatic heterocycles. The van der Waals surface area contributed by atoms with E-state index in [9.17, 15) is 31.2 Å². The number of aliphatic carboxylic acids is 1. The van der Waals surface area contributed by atoms with Gasteiger partial charge in [-0.3, -0.25) is 14.1 Å². The van der Waals surface area contributed by atoms with Crippen LogP contribution >= 0.6 is 0 Å². The average molecular weight is 362 g/mol. The Balaban J connectivity index is 3.03. The van der Waals surface area contributed by atoms with Crippen LogP contribution in [-0.4, -0.2) is 47.5 Å². The molecule has 1 rings (SSSR count). The summed E-state index contributed by atoms with van der Waals surface area (Å²) >= 11 is 0. The Kier molecular flexibility index (Phi) is 5.68. The molecule has 0 aromatic heterocycles. The SMILES string of the molecule is CC(CS(=O)(=O)O)(OC(=O)C1CCCCC1C(=O)O)C(F)(F)F. The molecule has 1 aliphatic carbocycles. The van der Waals surface area contributed by atoms with Crippen molar-refractivity contribution in [3.05, 3.63) is 0 Å². The maximum atomic E-state index is 13.0. The van der Waals surface area contributed by atoms with Crippen LogP contribution in [0, 0.1) is 11.8 Å². The van der Waals surface area contributed by atoms with E-state index in [2.05, 4.69) is 4.74 Å². The van der Waals surface area contributed by atoms with Crippen molar-refractivity contribution in [2.24, 2.45) is 11.8 Å². The average Bonchev–Trinajstić information content (AvgIpc) is 2.34. The molecule has 1 saturated carbocycles. The van der Waals surface area contributed by atoms with Gasteiger partial charge in [-0.05, 0) is 19.8 Å². The number of carbonyl (C=O) groups excluding carboxylic acids is 1. The molecule has 134 valence electrons. The van der Waals surface area contributed by atoms with E-state index in [0.29, 0.717) is 19.8 Å². The van der Waals surface area contributed by atoms with Crippen molar-refractivity contribution < 1.29 is 45.6 Å². The van der Waals surface area contributed by atoms with Gasteiger partial charge in [0.05, 0.1) is 11.8 Å². The van der Waals surface area contributed by atoms with Crippen LogP contribution in [0.15, 0.2) is 0 Å². The lowest BCUT2D eigenvalue weighted by atomic mass is 9.79. The highest BCUT2D eigenvalue weighted by atomic mass is 32.2. The zero-order chi connectivity index (χ0) is 18.1. The van der Waals surface area contributed by atoms with Crippen molar-refractivity contribution in [1.82, 2.24) is 0 Å². The first-order valence-electron chi connectivity index (χ1n) is 6.74. The Hall–Kier alpha value is -1.36. The molecule has 0 aromatic rings. The minimum Gasteiger partial charge on any atom is -0.481 e. The first-order chi connectivity index (χ1) is 10.3. The predicted molar refractivity (Wildman–Crippen MR) is 70.1 cm³/mol. The molecule has 0 radical (unpaired) electrons. The summed E-state index contributed by atoms with van der Waals surface area (Å²) in [6.07, 6.45) is -4.13. The molecule has 0 spiro atoms. The predicted octanol–water partition coefficient (Wildman–Crippen LogP) is 1.63. The Morgan fingerprint density at radius 1 is 1.17 bits per heavy atom. The number of hydrogen-bond donors (Lipinski definition) is 2. The Labute approximate surface area is 130 Å². The lowest BCUT2D eigenvalue weighted by Gasteiger charge is -2.34. The fourth-order valence-electron chi connectivity index (χ4n) is 2.52. The third-order valence-corrected chi connectivity index (χ3v) is 4.68. The van der Waals surface area contributed by atoms with Crippen LogP contribution in [0.5, 0.6) is 0 Å². The molecule has 0 amide bonds. The number of halogens is 3. The summed E-state index contributed by atoms with van der Waals surface area (Å²) in [6.45, 7) is 0.317. The summed E-state index contributed by atoms with van der Waals surface area (Å²) in [5.74, 6) is -7.08. The molecule has 2 N–H and O–H groups in total. The van der Waals surface area contributed by atoms with Gasteiger partial charge in [0, 0.05) is 0 Å². The molecular weight excluding hydrogens is 345 g/mol. The summed E-state index contributed by atoms with van der Waals surface area (Å²) in [4.78, 5) is 23.1. The zero-order valence-corrected chi connectivity index (χ0v) is 13.0. The first kappa shape index (κ1) is 19.7. The Morgan fingerprint density at radius 3 is 2.04 bits per heavy atom. The van der Waals surface area contributed by atoms with Crippen LogP contribution in [0.25, 0.3) is 0 Å². The second kappa shape index (κ2) is 6.63. The third-order valence-electron chi connectivity index (χ3n) is 3.77. The van der Waals surface area contributed by atoms with Crippen molar-refractivity contribution in [3.8, 4) is 0 Å². The Morgan fingerprint density at radius 2 is 1.65 bits per heavy atom. The van der Waals surface area contributed by atoms with E-state index in [1.807, 2.05) is 0 Å². The standard InChI is InChI=1S/C12H17F3O7S/c1-11(12(13,14)15,6-23(19,20)21)22-10(18)8-5-3-2-4-7(8)9(16)17/h7-8H,2-6H2,1H3,(H,16,17)(H,19,20,21). The van der Waals surface area contributed by atoms with Crippen molar-refractivity contribution in [2.75, 3.05) is 5.75 Å². The molecule has 1 fully saturated rings. The zero-order valence-electron chi connectivity index (χ0n) is 12.2. The van der Waals surface area contributed by atoms with Gasteiger partial charge in [0.25, 0.3) is 10.1 Å². The van der Waals surface area contributed by atoms with Gasteiger partial charge in [0.15, 0.2) is 0 Å².